The second-order valence-electron chi connectivity index (χ2n) is 5.02. The summed E-state index contributed by atoms with van der Waals surface area (Å²) in [4.78, 5) is 11.7. The Hall–Kier alpha value is -2.49. The van der Waals surface area contributed by atoms with Crippen LogP contribution in [0.1, 0.15) is 18.4 Å². The van der Waals surface area contributed by atoms with Gasteiger partial charge in [0.1, 0.15) is 16.5 Å². The van der Waals surface area contributed by atoms with Gasteiger partial charge in [0.2, 0.25) is 0 Å². The van der Waals surface area contributed by atoms with Crippen molar-refractivity contribution in [1.29, 1.82) is 0 Å². The lowest BCUT2D eigenvalue weighted by Gasteiger charge is -2.10. The number of rotatable bonds is 4. The van der Waals surface area contributed by atoms with Crippen LogP contribution in [0.5, 0.6) is 0 Å². The summed E-state index contributed by atoms with van der Waals surface area (Å²) in [6.45, 7) is 4.30. The first-order valence-corrected chi connectivity index (χ1v) is 8.14. The summed E-state index contributed by atoms with van der Waals surface area (Å²) in [6, 6.07) is 4.03. The topological polar surface area (TPSA) is 69.4 Å². The highest BCUT2D eigenvalue weighted by atomic mass is 32.2. The molecule has 0 atom stereocenters. The van der Waals surface area contributed by atoms with Gasteiger partial charge in [0.15, 0.2) is 11.0 Å². The van der Waals surface area contributed by atoms with E-state index in [0.717, 1.165) is 17.8 Å². The van der Waals surface area contributed by atoms with Gasteiger partial charge in [-0.05, 0) is 37.7 Å². The Morgan fingerprint density at radius 3 is 2.48 bits per heavy atom. The summed E-state index contributed by atoms with van der Waals surface area (Å²) in [5.74, 6) is 0.670. The van der Waals surface area contributed by atoms with E-state index in [1.54, 1.807) is 23.6 Å². The summed E-state index contributed by atoms with van der Waals surface area (Å²) >= 11 is 1.02. The molecule has 0 unspecified atom stereocenters. The Balaban J connectivity index is 2.06. The van der Waals surface area contributed by atoms with Crippen LogP contribution in [0, 0.1) is 6.92 Å². The Bertz CT molecular complexity index is 879. The maximum absolute atomic E-state index is 13.2. The second-order valence-corrected chi connectivity index (χ2v) is 6.01. The molecule has 0 aliphatic heterocycles. The molecule has 0 fully saturated rings. The largest absolute Gasteiger partial charge is 0.433 e. The molecule has 0 aliphatic carbocycles. The monoisotopic (exact) mass is 366 g/mol. The number of hydrogen-bond donors (Lipinski definition) is 0. The number of halogens is 3. The molecule has 0 saturated carbocycles. The SMILES string of the molecule is CCn1c(C)nnc1Sc1cc(C(F)(F)F)nc(-c2ccncc2)n1. The van der Waals surface area contributed by atoms with E-state index < -0.39 is 11.9 Å². The third-order valence-electron chi connectivity index (χ3n) is 3.35. The van der Waals surface area contributed by atoms with E-state index in [1.165, 1.54) is 12.4 Å². The minimum absolute atomic E-state index is 0.0148. The molecular weight excluding hydrogens is 353 g/mol. The first-order chi connectivity index (χ1) is 11.9. The summed E-state index contributed by atoms with van der Waals surface area (Å²) < 4.78 is 41.4. The summed E-state index contributed by atoms with van der Waals surface area (Å²) in [5, 5.41) is 8.58. The molecule has 0 saturated heterocycles. The van der Waals surface area contributed by atoms with Crippen molar-refractivity contribution < 1.29 is 13.2 Å². The molecule has 0 amide bonds. The minimum Gasteiger partial charge on any atom is -0.306 e. The van der Waals surface area contributed by atoms with Gasteiger partial charge in [-0.1, -0.05) is 0 Å². The fraction of sp³-hybridized carbons (Fsp3) is 0.267. The standard InChI is InChI=1S/C15H13F3N6S/c1-3-24-9(2)22-23-14(24)25-12-8-11(15(16,17)18)20-13(21-12)10-4-6-19-7-5-10/h4-8H,3H2,1-2H3. The number of pyridine rings is 1. The average molecular weight is 366 g/mol. The van der Waals surface area contributed by atoms with Gasteiger partial charge in [-0.3, -0.25) is 4.98 Å². The van der Waals surface area contributed by atoms with Crippen LogP contribution < -0.4 is 0 Å². The van der Waals surface area contributed by atoms with Crippen molar-refractivity contribution in [2.75, 3.05) is 0 Å². The van der Waals surface area contributed by atoms with Crippen LogP contribution in [-0.4, -0.2) is 29.7 Å². The summed E-state index contributed by atoms with van der Waals surface area (Å²) in [5.41, 5.74) is -0.549. The smallest absolute Gasteiger partial charge is 0.306 e. The van der Waals surface area contributed by atoms with Crippen LogP contribution in [0.4, 0.5) is 13.2 Å². The molecule has 130 valence electrons. The maximum atomic E-state index is 13.2. The molecule has 0 radical (unpaired) electrons. The van der Waals surface area contributed by atoms with Gasteiger partial charge < -0.3 is 4.57 Å². The third-order valence-corrected chi connectivity index (χ3v) is 4.25. The number of aromatic nitrogens is 6. The van der Waals surface area contributed by atoms with Crippen molar-refractivity contribution in [2.45, 2.75) is 36.8 Å². The first kappa shape index (κ1) is 17.3. The number of alkyl halides is 3. The van der Waals surface area contributed by atoms with Crippen molar-refractivity contribution in [2.24, 2.45) is 0 Å². The summed E-state index contributed by atoms with van der Waals surface area (Å²) in [7, 11) is 0. The normalized spacial score (nSPS) is 11.7. The number of aryl methyl sites for hydroxylation is 1. The van der Waals surface area contributed by atoms with E-state index in [-0.39, 0.29) is 10.9 Å². The van der Waals surface area contributed by atoms with Crippen molar-refractivity contribution in [1.82, 2.24) is 29.7 Å². The van der Waals surface area contributed by atoms with E-state index in [1.807, 2.05) is 6.92 Å². The van der Waals surface area contributed by atoms with Crippen molar-refractivity contribution in [3.05, 3.63) is 42.1 Å². The molecule has 6 nitrogen and oxygen atoms in total. The quantitative estimate of drug-likeness (QED) is 0.657. The van der Waals surface area contributed by atoms with Crippen LogP contribution in [-0.2, 0) is 12.7 Å². The molecule has 3 aromatic rings. The zero-order valence-electron chi connectivity index (χ0n) is 13.3. The lowest BCUT2D eigenvalue weighted by Crippen LogP contribution is -2.10. The molecular formula is C15H13F3N6S. The summed E-state index contributed by atoms with van der Waals surface area (Å²) in [6.07, 6.45) is -1.62. The second kappa shape index (κ2) is 6.79. The predicted molar refractivity (Wildman–Crippen MR) is 84.8 cm³/mol. The van der Waals surface area contributed by atoms with E-state index >= 15 is 0 Å². The Kier molecular flexibility index (Phi) is 4.71. The van der Waals surface area contributed by atoms with Crippen molar-refractivity contribution in [3.8, 4) is 11.4 Å². The van der Waals surface area contributed by atoms with Crippen LogP contribution >= 0.6 is 11.8 Å². The molecule has 3 aromatic heterocycles. The third kappa shape index (κ3) is 3.78. The van der Waals surface area contributed by atoms with Crippen LogP contribution in [0.3, 0.4) is 0 Å². The fourth-order valence-electron chi connectivity index (χ4n) is 2.15. The average Bonchev–Trinajstić information content (AvgIpc) is 2.94. The van der Waals surface area contributed by atoms with E-state index in [4.69, 9.17) is 0 Å². The van der Waals surface area contributed by atoms with Crippen LogP contribution in [0.15, 0.2) is 40.8 Å². The lowest BCUT2D eigenvalue weighted by molar-refractivity contribution is -0.141. The van der Waals surface area contributed by atoms with Gasteiger partial charge in [-0.25, -0.2) is 9.97 Å². The molecule has 0 bridgehead atoms. The highest BCUT2D eigenvalue weighted by Crippen LogP contribution is 2.33. The fourth-order valence-corrected chi connectivity index (χ4v) is 3.09. The molecule has 10 heteroatoms. The Labute approximate surface area is 145 Å². The molecule has 25 heavy (non-hydrogen) atoms. The van der Waals surface area contributed by atoms with Crippen LogP contribution in [0.25, 0.3) is 11.4 Å². The molecule has 0 spiro atoms. The van der Waals surface area contributed by atoms with Gasteiger partial charge in [-0.15, -0.1) is 10.2 Å². The molecule has 0 N–H and O–H groups in total. The number of hydrogen-bond acceptors (Lipinski definition) is 6. The van der Waals surface area contributed by atoms with E-state index in [9.17, 15) is 13.2 Å². The van der Waals surface area contributed by atoms with Crippen molar-refractivity contribution >= 4 is 11.8 Å². The Morgan fingerprint density at radius 1 is 1.12 bits per heavy atom. The zero-order valence-corrected chi connectivity index (χ0v) is 14.1. The van der Waals surface area contributed by atoms with Gasteiger partial charge in [0.25, 0.3) is 0 Å². The molecule has 0 aliphatic rings. The minimum atomic E-state index is -4.58. The predicted octanol–water partition coefficient (Wildman–Crippen LogP) is 3.63. The van der Waals surface area contributed by atoms with Gasteiger partial charge in [-0.2, -0.15) is 13.2 Å². The highest BCUT2D eigenvalue weighted by Gasteiger charge is 2.34. The van der Waals surface area contributed by atoms with E-state index in [0.29, 0.717) is 23.1 Å². The Morgan fingerprint density at radius 2 is 1.84 bits per heavy atom. The maximum Gasteiger partial charge on any atom is 0.433 e. The van der Waals surface area contributed by atoms with Gasteiger partial charge in [0.05, 0.1) is 0 Å². The first-order valence-electron chi connectivity index (χ1n) is 7.33. The van der Waals surface area contributed by atoms with Gasteiger partial charge >= 0.3 is 6.18 Å². The molecule has 3 rings (SSSR count). The zero-order chi connectivity index (χ0) is 18.0. The highest BCUT2D eigenvalue weighted by molar-refractivity contribution is 7.99. The number of nitrogens with zero attached hydrogens (tertiary/aromatic N) is 6. The van der Waals surface area contributed by atoms with E-state index in [2.05, 4.69) is 25.1 Å². The van der Waals surface area contributed by atoms with Crippen LogP contribution in [0.2, 0.25) is 0 Å². The molecule has 3 heterocycles. The van der Waals surface area contributed by atoms with Crippen molar-refractivity contribution in [3.63, 3.8) is 0 Å². The van der Waals surface area contributed by atoms with Gasteiger partial charge in [0, 0.05) is 30.6 Å². The molecule has 0 aromatic carbocycles. The lowest BCUT2D eigenvalue weighted by atomic mass is 10.2.